The van der Waals surface area contributed by atoms with Crippen LogP contribution in [-0.4, -0.2) is 16.6 Å². The fourth-order valence-corrected chi connectivity index (χ4v) is 3.34. The number of ether oxygens (including phenoxy) is 1. The van der Waals surface area contributed by atoms with E-state index < -0.39 is 0 Å². The van der Waals surface area contributed by atoms with Gasteiger partial charge in [-0.3, -0.25) is 4.98 Å². The zero-order chi connectivity index (χ0) is 16.9. The van der Waals surface area contributed by atoms with E-state index in [1.807, 2.05) is 24.4 Å². The van der Waals surface area contributed by atoms with Gasteiger partial charge in [-0.15, -0.1) is 0 Å². The monoisotopic (exact) mass is 330 g/mol. The molecule has 1 aliphatic heterocycles. The van der Waals surface area contributed by atoms with E-state index in [1.165, 1.54) is 34.6 Å². The van der Waals surface area contributed by atoms with Crippen molar-refractivity contribution in [3.63, 3.8) is 0 Å². The molecule has 2 aromatic carbocycles. The van der Waals surface area contributed by atoms with Crippen LogP contribution >= 0.6 is 0 Å². The lowest BCUT2D eigenvalue weighted by atomic mass is 10.1. The van der Waals surface area contributed by atoms with Crippen LogP contribution in [0.2, 0.25) is 0 Å². The predicted molar refractivity (Wildman–Crippen MR) is 103 cm³/mol. The minimum absolute atomic E-state index is 0.250. The number of aromatic amines is 1. The minimum Gasteiger partial charge on any atom is -0.372 e. The molecule has 4 aromatic rings. The number of benzene rings is 2. The van der Waals surface area contributed by atoms with E-state index in [1.54, 1.807) is 0 Å². The topological polar surface area (TPSA) is 37.9 Å². The first-order valence-corrected chi connectivity index (χ1v) is 8.90. The van der Waals surface area contributed by atoms with Gasteiger partial charge >= 0.3 is 0 Å². The van der Waals surface area contributed by atoms with Crippen LogP contribution in [-0.2, 0) is 4.74 Å². The zero-order valence-electron chi connectivity index (χ0n) is 14.2. The molecule has 0 aliphatic carbocycles. The van der Waals surface area contributed by atoms with Gasteiger partial charge in [-0.2, -0.15) is 0 Å². The summed E-state index contributed by atoms with van der Waals surface area (Å²) in [5.74, 6) is 0. The third kappa shape index (κ3) is 3.57. The molecular weight excluding hydrogens is 308 g/mol. The second-order valence-corrected chi connectivity index (χ2v) is 6.33. The minimum atomic E-state index is 0.250. The first kappa shape index (κ1) is 15.9. The number of nitrogens with zero attached hydrogens (tertiary/aromatic N) is 1. The summed E-state index contributed by atoms with van der Waals surface area (Å²) in [6, 6.07) is 22.7. The Labute approximate surface area is 147 Å². The lowest BCUT2D eigenvalue weighted by Gasteiger charge is -2.21. The summed E-state index contributed by atoms with van der Waals surface area (Å²) in [6.07, 6.45) is 5.66. The largest absolute Gasteiger partial charge is 0.372 e. The number of H-pyrrole nitrogens is 1. The van der Waals surface area contributed by atoms with Gasteiger partial charge < -0.3 is 9.72 Å². The van der Waals surface area contributed by atoms with Crippen molar-refractivity contribution in [1.82, 2.24) is 9.97 Å². The lowest BCUT2D eigenvalue weighted by Crippen LogP contribution is -2.12. The molecule has 25 heavy (non-hydrogen) atoms. The molecule has 1 saturated heterocycles. The molecule has 1 N–H and O–H groups in total. The molecule has 1 atom stereocenters. The van der Waals surface area contributed by atoms with Gasteiger partial charge in [0.1, 0.15) is 0 Å². The van der Waals surface area contributed by atoms with E-state index in [-0.39, 0.29) is 6.10 Å². The Morgan fingerprint density at radius 2 is 1.48 bits per heavy atom. The number of hydrogen-bond donors (Lipinski definition) is 1. The fraction of sp³-hybridized carbons (Fsp3) is 0.227. The van der Waals surface area contributed by atoms with Gasteiger partial charge in [-0.05, 0) is 43.5 Å². The van der Waals surface area contributed by atoms with Crippen molar-refractivity contribution in [2.24, 2.45) is 0 Å². The summed E-state index contributed by atoms with van der Waals surface area (Å²) in [4.78, 5) is 7.66. The quantitative estimate of drug-likeness (QED) is 0.490. The Hall–Kier alpha value is -2.65. The predicted octanol–water partition coefficient (Wildman–Crippen LogP) is 5.64. The Morgan fingerprint density at radius 1 is 0.800 bits per heavy atom. The number of pyridine rings is 1. The standard InChI is InChI=1S/C12H9N.C10H13NO/c1-3-7-11-9(5-1)10-6-2-4-8-12(10)13-11;1-3-7-11-9(5-1)10-6-2-4-8-12-10/h1-8,13H;1,3,5,7,10H,2,4,6,8H2. The van der Waals surface area contributed by atoms with E-state index in [9.17, 15) is 0 Å². The maximum absolute atomic E-state index is 5.60. The molecule has 3 heterocycles. The van der Waals surface area contributed by atoms with Crippen molar-refractivity contribution in [3.8, 4) is 0 Å². The molecule has 3 nitrogen and oxygen atoms in total. The molecule has 126 valence electrons. The van der Waals surface area contributed by atoms with Gasteiger partial charge in [-0.25, -0.2) is 0 Å². The molecule has 0 saturated carbocycles. The average molecular weight is 330 g/mol. The Bertz CT molecular complexity index is 889. The highest BCUT2D eigenvalue weighted by Gasteiger charge is 2.16. The van der Waals surface area contributed by atoms with E-state index >= 15 is 0 Å². The average Bonchev–Trinajstić information content (AvgIpc) is 3.09. The number of hydrogen-bond acceptors (Lipinski definition) is 2. The summed E-state index contributed by atoms with van der Waals surface area (Å²) in [6.45, 7) is 0.890. The highest BCUT2D eigenvalue weighted by molar-refractivity contribution is 6.06. The van der Waals surface area contributed by atoms with Crippen molar-refractivity contribution < 1.29 is 4.74 Å². The smallest absolute Gasteiger partial charge is 0.0994 e. The number of fused-ring (bicyclic) bond motifs is 3. The molecule has 0 bridgehead atoms. The van der Waals surface area contributed by atoms with Crippen LogP contribution < -0.4 is 0 Å². The summed E-state index contributed by atoms with van der Waals surface area (Å²) >= 11 is 0. The van der Waals surface area contributed by atoms with E-state index in [4.69, 9.17) is 4.74 Å². The number of aromatic nitrogens is 2. The molecule has 0 radical (unpaired) electrons. The Morgan fingerprint density at radius 3 is 2.08 bits per heavy atom. The lowest BCUT2D eigenvalue weighted by molar-refractivity contribution is 0.0123. The van der Waals surface area contributed by atoms with Crippen LogP contribution in [0.25, 0.3) is 21.8 Å². The maximum Gasteiger partial charge on any atom is 0.0994 e. The van der Waals surface area contributed by atoms with Crippen LogP contribution in [0.1, 0.15) is 31.1 Å². The third-order valence-electron chi connectivity index (χ3n) is 4.61. The fourth-order valence-electron chi connectivity index (χ4n) is 3.34. The van der Waals surface area contributed by atoms with Crippen molar-refractivity contribution in [2.45, 2.75) is 25.4 Å². The molecule has 1 unspecified atom stereocenters. The van der Waals surface area contributed by atoms with Gasteiger partial charge in [0.05, 0.1) is 11.8 Å². The van der Waals surface area contributed by atoms with Gasteiger partial charge in [0, 0.05) is 34.6 Å². The SMILES string of the molecule is c1ccc(C2CCCCO2)nc1.c1ccc2c(c1)[nH]c1ccccc12. The molecule has 2 aromatic heterocycles. The highest BCUT2D eigenvalue weighted by atomic mass is 16.5. The van der Waals surface area contributed by atoms with Crippen LogP contribution in [0.5, 0.6) is 0 Å². The first-order valence-electron chi connectivity index (χ1n) is 8.90. The van der Waals surface area contributed by atoms with Gasteiger partial charge in [-0.1, -0.05) is 42.5 Å². The van der Waals surface area contributed by atoms with Crippen molar-refractivity contribution >= 4 is 21.8 Å². The highest BCUT2D eigenvalue weighted by Crippen LogP contribution is 2.26. The normalized spacial score (nSPS) is 17.2. The Kier molecular flexibility index (Phi) is 4.75. The second-order valence-electron chi connectivity index (χ2n) is 6.33. The Balaban J connectivity index is 0.000000126. The van der Waals surface area contributed by atoms with Gasteiger partial charge in [0.25, 0.3) is 0 Å². The first-order chi connectivity index (χ1) is 12.4. The number of nitrogens with one attached hydrogen (secondary N) is 1. The molecule has 1 aliphatic rings. The van der Waals surface area contributed by atoms with E-state index in [0.29, 0.717) is 0 Å². The second kappa shape index (κ2) is 7.49. The molecule has 0 spiro atoms. The van der Waals surface area contributed by atoms with Crippen LogP contribution in [0, 0.1) is 0 Å². The van der Waals surface area contributed by atoms with Crippen molar-refractivity contribution in [2.75, 3.05) is 6.61 Å². The number of rotatable bonds is 1. The van der Waals surface area contributed by atoms with Crippen molar-refractivity contribution in [3.05, 3.63) is 78.6 Å². The maximum atomic E-state index is 5.60. The summed E-state index contributed by atoms with van der Waals surface area (Å²) in [5.41, 5.74) is 3.50. The summed E-state index contributed by atoms with van der Waals surface area (Å²) in [5, 5.41) is 2.61. The molecule has 1 fully saturated rings. The number of para-hydroxylation sites is 2. The molecular formula is C22H22N2O. The van der Waals surface area contributed by atoms with Crippen LogP contribution in [0.4, 0.5) is 0 Å². The van der Waals surface area contributed by atoms with Crippen molar-refractivity contribution in [1.29, 1.82) is 0 Å². The third-order valence-corrected chi connectivity index (χ3v) is 4.61. The van der Waals surface area contributed by atoms with Crippen LogP contribution in [0.3, 0.4) is 0 Å². The van der Waals surface area contributed by atoms with Gasteiger partial charge in [0.2, 0.25) is 0 Å². The van der Waals surface area contributed by atoms with Gasteiger partial charge in [0.15, 0.2) is 0 Å². The van der Waals surface area contributed by atoms with Crippen LogP contribution in [0.15, 0.2) is 72.9 Å². The molecule has 3 heteroatoms. The van der Waals surface area contributed by atoms with E-state index in [2.05, 4.69) is 58.5 Å². The molecule has 5 rings (SSSR count). The summed E-state index contributed by atoms with van der Waals surface area (Å²) in [7, 11) is 0. The van der Waals surface area contributed by atoms with E-state index in [0.717, 1.165) is 18.7 Å². The zero-order valence-corrected chi connectivity index (χ0v) is 14.2. The summed E-state index contributed by atoms with van der Waals surface area (Å²) < 4.78 is 5.60. The molecule has 0 amide bonds.